The van der Waals surface area contributed by atoms with Crippen LogP contribution in [0.25, 0.3) is 0 Å². The van der Waals surface area contributed by atoms with Gasteiger partial charge in [-0.3, -0.25) is 0 Å². The molecule has 0 aliphatic rings. The minimum Gasteiger partial charge on any atom is -0.127 e. The molecule has 0 nitrogen and oxygen atoms in total. The van der Waals surface area contributed by atoms with Gasteiger partial charge in [-0.25, -0.2) is 0 Å². The number of hydrogen-bond acceptors (Lipinski definition) is 0. The fourth-order valence-electron chi connectivity index (χ4n) is 2.64. The van der Waals surface area contributed by atoms with Crippen LogP contribution in [0.4, 0.5) is 0 Å². The van der Waals surface area contributed by atoms with E-state index in [2.05, 4.69) is 6.92 Å². The molecule has 0 rings (SSSR count). The van der Waals surface area contributed by atoms with Crippen molar-refractivity contribution in [2.45, 2.75) is 110 Å². The Kier molecular flexibility index (Phi) is 26.6. The third kappa shape index (κ3) is 21.6. The van der Waals surface area contributed by atoms with Crippen LogP contribution in [0.3, 0.4) is 0 Å². The van der Waals surface area contributed by atoms with Gasteiger partial charge in [0.15, 0.2) is 0 Å². The minimum absolute atomic E-state index is 0. The Labute approximate surface area is 156 Å². The molecular weight excluding hydrogens is 275 g/mol. The number of rotatable bonds is 16. The molecule has 0 aliphatic heterocycles. The van der Waals surface area contributed by atoms with E-state index < -0.39 is 0 Å². The van der Waals surface area contributed by atoms with Crippen LogP contribution < -0.4 is 0 Å². The topological polar surface area (TPSA) is 0 Å². The van der Waals surface area contributed by atoms with Gasteiger partial charge < -0.3 is 0 Å². The second-order valence-corrected chi connectivity index (χ2v) is 6.37. The first-order valence-corrected chi connectivity index (χ1v) is 9.51. The van der Waals surface area contributed by atoms with Crippen LogP contribution in [0.15, 0.2) is 0 Å². The Bertz CT molecular complexity index is 134. The first-order chi connectivity index (χ1) is 9.41. The van der Waals surface area contributed by atoms with Crippen molar-refractivity contribution in [1.29, 1.82) is 0 Å². The zero-order valence-corrected chi connectivity index (χ0v) is 17.2. The Morgan fingerprint density at radius 3 is 0.950 bits per heavy atom. The van der Waals surface area contributed by atoms with Gasteiger partial charge in [0.2, 0.25) is 0 Å². The summed E-state index contributed by atoms with van der Waals surface area (Å²) < 4.78 is 0. The van der Waals surface area contributed by atoms with Crippen LogP contribution >= 0.6 is 11.6 Å². The second kappa shape index (κ2) is 22.6. The second-order valence-electron chi connectivity index (χ2n) is 5.99. The fraction of sp³-hybridized carbons (Fsp3) is 1.00. The smallest absolute Gasteiger partial charge is 0.0223 e. The molecule has 0 aliphatic carbocycles. The van der Waals surface area contributed by atoms with E-state index in [-0.39, 0.29) is 29.6 Å². The molecule has 0 aromatic heterocycles. The minimum atomic E-state index is 0. The molecule has 0 N–H and O–H groups in total. The molecule has 2 heteroatoms. The van der Waals surface area contributed by atoms with Gasteiger partial charge in [-0.2, -0.15) is 0 Å². The van der Waals surface area contributed by atoms with E-state index in [4.69, 9.17) is 11.6 Å². The Hall–Kier alpha value is 1.29. The zero-order valence-electron chi connectivity index (χ0n) is 14.4. The van der Waals surface area contributed by atoms with E-state index >= 15 is 0 Å². The van der Waals surface area contributed by atoms with E-state index in [1.54, 1.807) is 0 Å². The predicted octanol–water partition coefficient (Wildman–Crippen LogP) is 7.11. The maximum Gasteiger partial charge on any atom is 0.0223 e. The summed E-state index contributed by atoms with van der Waals surface area (Å²) in [6.07, 6.45) is 22.8. The maximum absolute atomic E-state index is 5.66. The fourth-order valence-corrected chi connectivity index (χ4v) is 2.83. The summed E-state index contributed by atoms with van der Waals surface area (Å²) in [7, 11) is 0. The molecule has 20 heavy (non-hydrogen) atoms. The van der Waals surface area contributed by atoms with Gasteiger partial charge in [0, 0.05) is 35.4 Å². The van der Waals surface area contributed by atoms with Crippen LogP contribution in [0, 0.1) is 0 Å². The summed E-state index contributed by atoms with van der Waals surface area (Å²) in [5.41, 5.74) is 0. The zero-order chi connectivity index (χ0) is 14.0. The van der Waals surface area contributed by atoms with Crippen molar-refractivity contribution < 1.29 is 0 Å². The van der Waals surface area contributed by atoms with Crippen molar-refractivity contribution in [2.24, 2.45) is 0 Å². The molecular formula is C18H37ClNa. The van der Waals surface area contributed by atoms with Crippen molar-refractivity contribution in [2.75, 3.05) is 5.88 Å². The van der Waals surface area contributed by atoms with Crippen molar-refractivity contribution in [1.82, 2.24) is 0 Å². The number of alkyl halides is 1. The summed E-state index contributed by atoms with van der Waals surface area (Å²) in [5, 5.41) is 0. The predicted molar refractivity (Wildman–Crippen MR) is 96.0 cm³/mol. The van der Waals surface area contributed by atoms with Gasteiger partial charge in [-0.05, 0) is 6.42 Å². The summed E-state index contributed by atoms with van der Waals surface area (Å²) in [6, 6.07) is 0. The van der Waals surface area contributed by atoms with E-state index in [1.165, 1.54) is 103 Å². The van der Waals surface area contributed by atoms with Gasteiger partial charge >= 0.3 is 0 Å². The molecule has 0 spiro atoms. The molecule has 0 atom stereocenters. The molecule has 0 amide bonds. The van der Waals surface area contributed by atoms with Crippen LogP contribution in [-0.4, -0.2) is 35.4 Å². The van der Waals surface area contributed by atoms with E-state index in [9.17, 15) is 0 Å². The van der Waals surface area contributed by atoms with Gasteiger partial charge in [0.05, 0.1) is 0 Å². The average molecular weight is 312 g/mol. The summed E-state index contributed by atoms with van der Waals surface area (Å²) >= 11 is 5.66. The number of hydrogen-bond donors (Lipinski definition) is 0. The molecule has 0 saturated carbocycles. The molecule has 0 unspecified atom stereocenters. The van der Waals surface area contributed by atoms with Gasteiger partial charge in [0.1, 0.15) is 0 Å². The van der Waals surface area contributed by atoms with E-state index in [1.807, 2.05) is 0 Å². The molecule has 0 aromatic rings. The quantitative estimate of drug-likeness (QED) is 0.162. The van der Waals surface area contributed by atoms with Crippen molar-refractivity contribution >= 4 is 41.2 Å². The first kappa shape index (κ1) is 23.6. The molecule has 1 radical (unpaired) electrons. The van der Waals surface area contributed by atoms with Gasteiger partial charge in [-0.15, -0.1) is 11.6 Å². The van der Waals surface area contributed by atoms with Crippen molar-refractivity contribution in [3.05, 3.63) is 0 Å². The third-order valence-electron chi connectivity index (χ3n) is 3.99. The van der Waals surface area contributed by atoms with Crippen molar-refractivity contribution in [3.63, 3.8) is 0 Å². The van der Waals surface area contributed by atoms with Gasteiger partial charge in [0.25, 0.3) is 0 Å². The van der Waals surface area contributed by atoms with Crippen LogP contribution in [-0.2, 0) is 0 Å². The van der Waals surface area contributed by atoms with Gasteiger partial charge in [-0.1, -0.05) is 103 Å². The molecule has 0 bridgehead atoms. The maximum atomic E-state index is 5.66. The van der Waals surface area contributed by atoms with Crippen LogP contribution in [0.2, 0.25) is 0 Å². The largest absolute Gasteiger partial charge is 0.127 e. The Balaban J connectivity index is 0. The molecule has 0 fully saturated rings. The first-order valence-electron chi connectivity index (χ1n) is 8.97. The normalized spacial score (nSPS) is 10.5. The van der Waals surface area contributed by atoms with E-state index in [0.717, 1.165) is 5.88 Å². The average Bonchev–Trinajstić information content (AvgIpc) is 2.43. The van der Waals surface area contributed by atoms with E-state index in [0.29, 0.717) is 0 Å². The van der Waals surface area contributed by atoms with Crippen LogP contribution in [0.1, 0.15) is 110 Å². The third-order valence-corrected chi connectivity index (χ3v) is 4.25. The molecule has 0 aromatic carbocycles. The summed E-state index contributed by atoms with van der Waals surface area (Å²) in [4.78, 5) is 0. The number of halogens is 1. The monoisotopic (exact) mass is 311 g/mol. The molecule has 117 valence electrons. The number of unbranched alkanes of at least 4 members (excludes halogenated alkanes) is 15. The summed E-state index contributed by atoms with van der Waals surface area (Å²) in [5.74, 6) is 0.846. The molecule has 0 saturated heterocycles. The Morgan fingerprint density at radius 2 is 0.700 bits per heavy atom. The van der Waals surface area contributed by atoms with Crippen LogP contribution in [0.5, 0.6) is 0 Å². The summed E-state index contributed by atoms with van der Waals surface area (Å²) in [6.45, 7) is 2.29. The molecule has 0 heterocycles. The SMILES string of the molecule is CCCCCCCCCCCCCCCCCCCl.[Na]. The standard InChI is InChI=1S/C18H37Cl.Na/c1-2-3-4-5-6-7-8-9-10-11-12-13-14-15-16-17-18-19;/h2-18H2,1H3;. The van der Waals surface area contributed by atoms with Crippen molar-refractivity contribution in [3.8, 4) is 0 Å². The Morgan fingerprint density at radius 1 is 0.450 bits per heavy atom.